The van der Waals surface area contributed by atoms with E-state index < -0.39 is 10.0 Å². The lowest BCUT2D eigenvalue weighted by Gasteiger charge is -2.37. The van der Waals surface area contributed by atoms with E-state index in [4.69, 9.17) is 0 Å². The number of carbonyl (C=O) groups is 1. The molecule has 0 bridgehead atoms. The fourth-order valence-electron chi connectivity index (χ4n) is 3.39. The summed E-state index contributed by atoms with van der Waals surface area (Å²) in [6.07, 6.45) is 3.30. The highest BCUT2D eigenvalue weighted by atomic mass is 32.2. The Balaban J connectivity index is 1.57. The molecule has 128 valence electrons. The number of hydrogen-bond donors (Lipinski definition) is 0. The molecule has 1 amide bonds. The van der Waals surface area contributed by atoms with Crippen LogP contribution in [0.1, 0.15) is 18.7 Å². The molecule has 8 heteroatoms. The first-order valence-electron chi connectivity index (χ1n) is 7.98. The number of rotatable bonds is 3. The average Bonchev–Trinajstić information content (AvgIpc) is 2.98. The van der Waals surface area contributed by atoms with E-state index in [1.807, 2.05) is 6.07 Å². The predicted octanol–water partition coefficient (Wildman–Crippen LogP) is -0.0315. The third kappa shape index (κ3) is 3.44. The van der Waals surface area contributed by atoms with Gasteiger partial charge in [-0.15, -0.1) is 0 Å². The van der Waals surface area contributed by atoms with E-state index in [2.05, 4.69) is 28.7 Å². The van der Waals surface area contributed by atoms with Gasteiger partial charge in [0.05, 0.1) is 12.8 Å². The Morgan fingerprint density at radius 1 is 1.17 bits per heavy atom. The zero-order chi connectivity index (χ0) is 16.6. The number of amides is 1. The summed E-state index contributed by atoms with van der Waals surface area (Å²) in [7, 11) is -3.16. The fraction of sp³-hybridized carbons (Fsp3) is 0.667. The van der Waals surface area contributed by atoms with Crippen LogP contribution in [0.25, 0.3) is 0 Å². The first-order valence-corrected chi connectivity index (χ1v) is 9.83. The molecule has 3 rings (SSSR count). The van der Waals surface area contributed by atoms with Crippen LogP contribution < -0.4 is 0 Å². The second kappa shape index (κ2) is 6.26. The van der Waals surface area contributed by atoms with Gasteiger partial charge >= 0.3 is 0 Å². The van der Waals surface area contributed by atoms with Crippen molar-refractivity contribution >= 4 is 15.9 Å². The highest BCUT2D eigenvalue weighted by molar-refractivity contribution is 7.88. The molecule has 3 heterocycles. The molecular weight excluding hydrogens is 316 g/mol. The minimum atomic E-state index is -3.16. The van der Waals surface area contributed by atoms with E-state index in [9.17, 15) is 13.2 Å². The minimum Gasteiger partial charge on any atom is -0.349 e. The number of hydrogen-bond acceptors (Lipinski definition) is 4. The largest absolute Gasteiger partial charge is 0.349 e. The van der Waals surface area contributed by atoms with Crippen molar-refractivity contribution in [3.63, 3.8) is 0 Å². The highest BCUT2D eigenvalue weighted by Crippen LogP contribution is 2.25. The molecular formula is C15H24N4O3S. The van der Waals surface area contributed by atoms with Gasteiger partial charge in [0, 0.05) is 57.2 Å². The quantitative estimate of drug-likeness (QED) is 0.775. The van der Waals surface area contributed by atoms with Crippen LogP contribution in [-0.4, -0.2) is 78.5 Å². The summed E-state index contributed by atoms with van der Waals surface area (Å²) in [5, 5.41) is 0. The summed E-state index contributed by atoms with van der Waals surface area (Å²) in [6.45, 7) is 6.02. The van der Waals surface area contributed by atoms with Crippen molar-refractivity contribution in [1.29, 1.82) is 0 Å². The predicted molar refractivity (Wildman–Crippen MR) is 87.4 cm³/mol. The van der Waals surface area contributed by atoms with Crippen molar-refractivity contribution in [1.82, 2.24) is 18.7 Å². The summed E-state index contributed by atoms with van der Waals surface area (Å²) >= 11 is 0. The van der Waals surface area contributed by atoms with E-state index in [0.29, 0.717) is 32.7 Å². The molecule has 1 aromatic heterocycles. The van der Waals surface area contributed by atoms with E-state index >= 15 is 0 Å². The van der Waals surface area contributed by atoms with E-state index in [-0.39, 0.29) is 11.9 Å². The van der Waals surface area contributed by atoms with Crippen LogP contribution in [0.15, 0.2) is 18.3 Å². The Morgan fingerprint density at radius 3 is 2.52 bits per heavy atom. The Bertz CT molecular complexity index is 677. The molecule has 2 aliphatic heterocycles. The molecule has 0 aliphatic carbocycles. The SMILES string of the molecule is C[C@@H]1c2cccn2CCN1CC(=O)N1CCN(S(C)(=O)=O)CC1. The van der Waals surface area contributed by atoms with Gasteiger partial charge in [-0.05, 0) is 19.1 Å². The van der Waals surface area contributed by atoms with Gasteiger partial charge in [0.2, 0.25) is 15.9 Å². The monoisotopic (exact) mass is 340 g/mol. The van der Waals surface area contributed by atoms with Crippen LogP contribution in [0.5, 0.6) is 0 Å². The number of carbonyl (C=O) groups excluding carboxylic acids is 1. The summed E-state index contributed by atoms with van der Waals surface area (Å²) in [5.74, 6) is 0.0880. The lowest BCUT2D eigenvalue weighted by Crippen LogP contribution is -2.53. The lowest BCUT2D eigenvalue weighted by molar-refractivity contribution is -0.134. The Morgan fingerprint density at radius 2 is 1.87 bits per heavy atom. The topological polar surface area (TPSA) is 65.9 Å². The van der Waals surface area contributed by atoms with Crippen molar-refractivity contribution in [3.8, 4) is 0 Å². The molecule has 0 unspecified atom stereocenters. The Hall–Kier alpha value is -1.38. The number of aromatic nitrogens is 1. The van der Waals surface area contributed by atoms with Crippen LogP contribution in [0, 0.1) is 0 Å². The van der Waals surface area contributed by atoms with Gasteiger partial charge < -0.3 is 9.47 Å². The summed E-state index contributed by atoms with van der Waals surface area (Å²) in [4.78, 5) is 16.5. The van der Waals surface area contributed by atoms with Gasteiger partial charge in [0.15, 0.2) is 0 Å². The molecule has 1 atom stereocenters. The van der Waals surface area contributed by atoms with Gasteiger partial charge in [-0.25, -0.2) is 8.42 Å². The fourth-order valence-corrected chi connectivity index (χ4v) is 4.21. The van der Waals surface area contributed by atoms with Crippen molar-refractivity contribution in [2.75, 3.05) is 45.5 Å². The smallest absolute Gasteiger partial charge is 0.236 e. The first-order chi connectivity index (χ1) is 10.9. The lowest BCUT2D eigenvalue weighted by atomic mass is 10.1. The van der Waals surface area contributed by atoms with Gasteiger partial charge in [0.25, 0.3) is 0 Å². The molecule has 1 saturated heterocycles. The van der Waals surface area contributed by atoms with Crippen molar-refractivity contribution < 1.29 is 13.2 Å². The second-order valence-electron chi connectivity index (χ2n) is 6.32. The van der Waals surface area contributed by atoms with Crippen molar-refractivity contribution in [2.24, 2.45) is 0 Å². The molecule has 0 spiro atoms. The maximum absolute atomic E-state index is 12.5. The van der Waals surface area contributed by atoms with Gasteiger partial charge in [-0.2, -0.15) is 4.31 Å². The average molecular weight is 340 g/mol. The Kier molecular flexibility index (Phi) is 4.48. The number of sulfonamides is 1. The zero-order valence-electron chi connectivity index (χ0n) is 13.7. The second-order valence-corrected chi connectivity index (χ2v) is 8.30. The van der Waals surface area contributed by atoms with Crippen LogP contribution in [0.2, 0.25) is 0 Å². The molecule has 7 nitrogen and oxygen atoms in total. The Labute approximate surface area is 137 Å². The minimum absolute atomic E-state index is 0.0880. The van der Waals surface area contributed by atoms with E-state index in [0.717, 1.165) is 13.1 Å². The van der Waals surface area contributed by atoms with Crippen molar-refractivity contribution in [3.05, 3.63) is 24.0 Å². The number of fused-ring (bicyclic) bond motifs is 1. The molecule has 0 aromatic carbocycles. The third-order valence-electron chi connectivity index (χ3n) is 4.87. The molecule has 0 radical (unpaired) electrons. The van der Waals surface area contributed by atoms with Gasteiger partial charge in [-0.3, -0.25) is 9.69 Å². The molecule has 0 saturated carbocycles. The number of piperazine rings is 1. The summed E-state index contributed by atoms with van der Waals surface area (Å²) in [6, 6.07) is 4.37. The molecule has 1 fully saturated rings. The highest BCUT2D eigenvalue weighted by Gasteiger charge is 2.29. The molecule has 23 heavy (non-hydrogen) atoms. The standard InChI is InChI=1S/C15H24N4O3S/c1-13-14-4-3-5-16(14)6-7-18(13)12-15(20)17-8-10-19(11-9-17)23(2,21)22/h3-5,13H,6-12H2,1-2H3/t13-/m1/s1. The van der Waals surface area contributed by atoms with Gasteiger partial charge in [0.1, 0.15) is 0 Å². The molecule has 2 aliphatic rings. The maximum atomic E-state index is 12.5. The van der Waals surface area contributed by atoms with E-state index in [1.54, 1.807) is 4.90 Å². The van der Waals surface area contributed by atoms with Gasteiger partial charge in [-0.1, -0.05) is 0 Å². The summed E-state index contributed by atoms with van der Waals surface area (Å²) in [5.41, 5.74) is 1.24. The van der Waals surface area contributed by atoms with Crippen LogP contribution in [0.3, 0.4) is 0 Å². The number of nitrogens with zero attached hydrogens (tertiary/aromatic N) is 4. The first kappa shape index (κ1) is 16.5. The van der Waals surface area contributed by atoms with Crippen molar-refractivity contribution in [2.45, 2.75) is 19.5 Å². The van der Waals surface area contributed by atoms with Crippen LogP contribution in [-0.2, 0) is 21.4 Å². The summed E-state index contributed by atoms with van der Waals surface area (Å²) < 4.78 is 26.7. The normalized spacial score (nSPS) is 23.7. The molecule has 1 aromatic rings. The van der Waals surface area contributed by atoms with E-state index in [1.165, 1.54) is 16.3 Å². The maximum Gasteiger partial charge on any atom is 0.236 e. The van der Waals surface area contributed by atoms with Crippen LogP contribution >= 0.6 is 0 Å². The molecule has 0 N–H and O–H groups in total. The zero-order valence-corrected chi connectivity index (χ0v) is 14.5. The third-order valence-corrected chi connectivity index (χ3v) is 6.17. The van der Waals surface area contributed by atoms with Crippen LogP contribution in [0.4, 0.5) is 0 Å².